The number of benzene rings is 2. The summed E-state index contributed by atoms with van der Waals surface area (Å²) in [4.78, 5) is 15.2. The van der Waals surface area contributed by atoms with Crippen LogP contribution in [0.4, 0.5) is 11.4 Å². The van der Waals surface area contributed by atoms with E-state index in [2.05, 4.69) is 22.3 Å². The number of nitrogens with one attached hydrogen (secondary N) is 1. The second-order valence-corrected chi connectivity index (χ2v) is 10.0. The highest BCUT2D eigenvalue weighted by Gasteiger charge is 2.29. The van der Waals surface area contributed by atoms with Crippen molar-refractivity contribution in [3.05, 3.63) is 59.7 Å². The molecule has 0 saturated carbocycles. The number of anilines is 2. The maximum Gasteiger partial charge on any atom is 0.243 e. The molecular weight excluding hydrogens is 410 g/mol. The molecule has 7 heteroatoms. The van der Waals surface area contributed by atoms with Crippen LogP contribution in [0.2, 0.25) is 0 Å². The van der Waals surface area contributed by atoms with E-state index in [1.165, 1.54) is 29.3 Å². The Labute approximate surface area is 186 Å². The third kappa shape index (κ3) is 6.00. The van der Waals surface area contributed by atoms with Crippen molar-refractivity contribution < 1.29 is 13.2 Å². The molecule has 0 unspecified atom stereocenters. The SMILES string of the molecule is CCc1ccc(N([C@H](C)C(=O)NCc2ccc(N3CCCCC3)cc2)S(C)(=O)=O)cc1. The number of amides is 1. The summed E-state index contributed by atoms with van der Waals surface area (Å²) in [6.07, 6.45) is 5.75. The molecule has 3 rings (SSSR count). The van der Waals surface area contributed by atoms with Gasteiger partial charge in [0.1, 0.15) is 6.04 Å². The standard InChI is InChI=1S/C24H33N3O3S/c1-4-20-8-14-23(15-9-20)27(31(3,29)30)19(2)24(28)25-18-21-10-12-22(13-11-21)26-16-6-5-7-17-26/h8-15,19H,4-7,16-18H2,1-3H3,(H,25,28)/t19-/m1/s1. The smallest absolute Gasteiger partial charge is 0.243 e. The van der Waals surface area contributed by atoms with Crippen molar-refractivity contribution >= 4 is 27.3 Å². The van der Waals surface area contributed by atoms with Crippen LogP contribution in [-0.2, 0) is 27.8 Å². The second-order valence-electron chi connectivity index (χ2n) is 8.19. The zero-order valence-corrected chi connectivity index (χ0v) is 19.5. The number of rotatable bonds is 8. The highest BCUT2D eigenvalue weighted by atomic mass is 32.2. The van der Waals surface area contributed by atoms with Gasteiger partial charge in [-0.3, -0.25) is 9.10 Å². The summed E-state index contributed by atoms with van der Waals surface area (Å²) in [7, 11) is -3.62. The van der Waals surface area contributed by atoms with Crippen LogP contribution in [0.25, 0.3) is 0 Å². The fourth-order valence-electron chi connectivity index (χ4n) is 4.00. The molecule has 0 radical (unpaired) electrons. The third-order valence-corrected chi connectivity index (χ3v) is 7.05. The van der Waals surface area contributed by atoms with E-state index in [1.807, 2.05) is 31.2 Å². The summed E-state index contributed by atoms with van der Waals surface area (Å²) in [5.74, 6) is -0.329. The van der Waals surface area contributed by atoms with Crippen LogP contribution in [0.1, 0.15) is 44.2 Å². The zero-order valence-electron chi connectivity index (χ0n) is 18.7. The largest absolute Gasteiger partial charge is 0.372 e. The molecule has 31 heavy (non-hydrogen) atoms. The number of hydrogen-bond acceptors (Lipinski definition) is 4. The van der Waals surface area contributed by atoms with Crippen LogP contribution < -0.4 is 14.5 Å². The van der Waals surface area contributed by atoms with Gasteiger partial charge in [-0.25, -0.2) is 8.42 Å². The molecule has 1 aliphatic rings. The van der Waals surface area contributed by atoms with E-state index in [9.17, 15) is 13.2 Å². The van der Waals surface area contributed by atoms with Crippen molar-refractivity contribution in [1.82, 2.24) is 5.32 Å². The lowest BCUT2D eigenvalue weighted by Gasteiger charge is -2.29. The molecule has 0 aromatic heterocycles. The van der Waals surface area contributed by atoms with Crippen LogP contribution in [0.3, 0.4) is 0 Å². The van der Waals surface area contributed by atoms with Gasteiger partial charge in [0.15, 0.2) is 0 Å². The van der Waals surface area contributed by atoms with Gasteiger partial charge < -0.3 is 10.2 Å². The Kier molecular flexibility index (Phi) is 7.59. The monoisotopic (exact) mass is 443 g/mol. The quantitative estimate of drug-likeness (QED) is 0.675. The Bertz CT molecular complexity index is 966. The molecule has 168 valence electrons. The van der Waals surface area contributed by atoms with Gasteiger partial charge in [0, 0.05) is 25.3 Å². The summed E-state index contributed by atoms with van der Waals surface area (Å²) in [5, 5.41) is 2.88. The molecule has 1 aliphatic heterocycles. The Morgan fingerprint density at radius 1 is 1.00 bits per heavy atom. The number of carbonyl (C=O) groups is 1. The van der Waals surface area contributed by atoms with Crippen molar-refractivity contribution in [3.8, 4) is 0 Å². The number of hydrogen-bond donors (Lipinski definition) is 1. The van der Waals surface area contributed by atoms with Crippen molar-refractivity contribution in [2.45, 2.75) is 52.1 Å². The molecule has 1 saturated heterocycles. The fraction of sp³-hybridized carbons (Fsp3) is 0.458. The number of piperidine rings is 1. The summed E-state index contributed by atoms with van der Waals surface area (Å²) in [6.45, 7) is 6.19. The lowest BCUT2D eigenvalue weighted by atomic mass is 10.1. The fourth-order valence-corrected chi connectivity index (χ4v) is 5.18. The maximum absolute atomic E-state index is 12.8. The van der Waals surface area contributed by atoms with Gasteiger partial charge in [-0.2, -0.15) is 0 Å². The maximum atomic E-state index is 12.8. The number of nitrogens with zero attached hydrogens (tertiary/aromatic N) is 2. The lowest BCUT2D eigenvalue weighted by Crippen LogP contribution is -2.47. The van der Waals surface area contributed by atoms with Gasteiger partial charge in [0.2, 0.25) is 15.9 Å². The first-order valence-electron chi connectivity index (χ1n) is 11.0. The van der Waals surface area contributed by atoms with E-state index in [-0.39, 0.29) is 5.91 Å². The van der Waals surface area contributed by atoms with Crippen LogP contribution in [-0.4, -0.2) is 39.7 Å². The number of sulfonamides is 1. The van der Waals surface area contributed by atoms with E-state index in [0.717, 1.165) is 36.9 Å². The third-order valence-electron chi connectivity index (χ3n) is 5.81. The summed E-state index contributed by atoms with van der Waals surface area (Å²) in [6, 6.07) is 14.7. The normalized spacial score (nSPS) is 15.4. The second kappa shape index (κ2) is 10.2. The average Bonchev–Trinajstić information content (AvgIpc) is 2.78. The van der Waals surface area contributed by atoms with Crippen LogP contribution >= 0.6 is 0 Å². The topological polar surface area (TPSA) is 69.7 Å². The van der Waals surface area contributed by atoms with Crippen LogP contribution in [0.5, 0.6) is 0 Å². The van der Waals surface area contributed by atoms with E-state index >= 15 is 0 Å². The zero-order chi connectivity index (χ0) is 22.4. The lowest BCUT2D eigenvalue weighted by molar-refractivity contribution is -0.122. The summed E-state index contributed by atoms with van der Waals surface area (Å²) >= 11 is 0. The summed E-state index contributed by atoms with van der Waals surface area (Å²) < 4.78 is 26.1. The molecule has 0 spiro atoms. The van der Waals surface area contributed by atoms with E-state index < -0.39 is 16.1 Å². The van der Waals surface area contributed by atoms with Crippen LogP contribution in [0.15, 0.2) is 48.5 Å². The van der Waals surface area contributed by atoms with Gasteiger partial charge in [-0.05, 0) is 68.0 Å². The minimum Gasteiger partial charge on any atom is -0.372 e. The first-order chi connectivity index (χ1) is 14.8. The highest BCUT2D eigenvalue weighted by Crippen LogP contribution is 2.22. The van der Waals surface area contributed by atoms with Gasteiger partial charge in [0.05, 0.1) is 11.9 Å². The van der Waals surface area contributed by atoms with E-state index in [4.69, 9.17) is 0 Å². The molecule has 1 amide bonds. The Morgan fingerprint density at radius 2 is 1.58 bits per heavy atom. The Hall–Kier alpha value is -2.54. The molecular formula is C24H33N3O3S. The van der Waals surface area contributed by atoms with E-state index in [1.54, 1.807) is 19.1 Å². The van der Waals surface area contributed by atoms with Gasteiger partial charge in [0.25, 0.3) is 0 Å². The minimum absolute atomic E-state index is 0.329. The Balaban J connectivity index is 1.64. The van der Waals surface area contributed by atoms with Crippen molar-refractivity contribution in [1.29, 1.82) is 0 Å². The highest BCUT2D eigenvalue weighted by molar-refractivity contribution is 7.92. The van der Waals surface area contributed by atoms with Crippen molar-refractivity contribution in [2.24, 2.45) is 0 Å². The first kappa shape index (κ1) is 23.1. The van der Waals surface area contributed by atoms with Gasteiger partial charge in [-0.1, -0.05) is 31.2 Å². The average molecular weight is 444 g/mol. The van der Waals surface area contributed by atoms with Gasteiger partial charge in [-0.15, -0.1) is 0 Å². The van der Waals surface area contributed by atoms with Gasteiger partial charge >= 0.3 is 0 Å². The van der Waals surface area contributed by atoms with E-state index in [0.29, 0.717) is 12.2 Å². The molecule has 0 bridgehead atoms. The molecule has 2 aromatic rings. The summed E-state index contributed by atoms with van der Waals surface area (Å²) in [5.41, 5.74) is 3.80. The molecule has 6 nitrogen and oxygen atoms in total. The Morgan fingerprint density at radius 3 is 2.13 bits per heavy atom. The molecule has 1 fully saturated rings. The molecule has 1 heterocycles. The first-order valence-corrected chi connectivity index (χ1v) is 12.8. The molecule has 1 atom stereocenters. The minimum atomic E-state index is -3.62. The molecule has 0 aliphatic carbocycles. The number of carbonyl (C=O) groups excluding carboxylic acids is 1. The van der Waals surface area contributed by atoms with Crippen molar-refractivity contribution in [2.75, 3.05) is 28.6 Å². The predicted molar refractivity (Wildman–Crippen MR) is 127 cm³/mol. The van der Waals surface area contributed by atoms with Crippen LogP contribution in [0, 0.1) is 0 Å². The molecule has 1 N–H and O–H groups in total. The molecule has 2 aromatic carbocycles. The number of aryl methyl sites for hydroxylation is 1. The predicted octanol–water partition coefficient (Wildman–Crippen LogP) is 3.71. The van der Waals surface area contributed by atoms with Crippen molar-refractivity contribution in [3.63, 3.8) is 0 Å².